The minimum Gasteiger partial charge on any atom is -0.370 e. The lowest BCUT2D eigenvalue weighted by Crippen LogP contribution is -2.45. The standard InChI is InChI=1S/C16H23ClN4O/c17-13-10-18-7-5-15(13)21-8-2-3-12(11-21)9-20-16(22)14-4-1-6-19-14/h5,7,10,12,14,19H,1-4,6,8-9,11H2,(H,20,22). The zero-order valence-corrected chi connectivity index (χ0v) is 13.5. The van der Waals surface area contributed by atoms with Crippen molar-refractivity contribution in [2.24, 2.45) is 5.92 Å². The smallest absolute Gasteiger partial charge is 0.237 e. The van der Waals surface area contributed by atoms with Crippen LogP contribution in [0.5, 0.6) is 0 Å². The van der Waals surface area contributed by atoms with E-state index >= 15 is 0 Å². The number of amides is 1. The summed E-state index contributed by atoms with van der Waals surface area (Å²) in [6.45, 7) is 3.65. The Kier molecular flexibility index (Phi) is 5.16. The van der Waals surface area contributed by atoms with Crippen molar-refractivity contribution in [3.05, 3.63) is 23.5 Å². The summed E-state index contributed by atoms with van der Waals surface area (Å²) in [4.78, 5) is 18.4. The van der Waals surface area contributed by atoms with E-state index in [9.17, 15) is 4.79 Å². The van der Waals surface area contributed by atoms with Crippen LogP contribution in [0.1, 0.15) is 25.7 Å². The monoisotopic (exact) mass is 322 g/mol. The molecule has 2 fully saturated rings. The van der Waals surface area contributed by atoms with Gasteiger partial charge in [-0.3, -0.25) is 9.78 Å². The van der Waals surface area contributed by atoms with Crippen LogP contribution in [0.25, 0.3) is 0 Å². The molecule has 2 atom stereocenters. The first kappa shape index (κ1) is 15.6. The topological polar surface area (TPSA) is 57.3 Å². The van der Waals surface area contributed by atoms with E-state index in [1.165, 1.54) is 0 Å². The molecule has 1 amide bonds. The predicted molar refractivity (Wildman–Crippen MR) is 88.2 cm³/mol. The Balaban J connectivity index is 1.52. The normalized spacial score (nSPS) is 25.2. The number of carbonyl (C=O) groups excluding carboxylic acids is 1. The quantitative estimate of drug-likeness (QED) is 0.888. The summed E-state index contributed by atoms with van der Waals surface area (Å²) in [5, 5.41) is 7.04. The first-order valence-corrected chi connectivity index (χ1v) is 8.47. The van der Waals surface area contributed by atoms with Gasteiger partial charge in [0.2, 0.25) is 5.91 Å². The largest absolute Gasteiger partial charge is 0.370 e. The highest BCUT2D eigenvalue weighted by Crippen LogP contribution is 2.28. The Hall–Kier alpha value is -1.33. The van der Waals surface area contributed by atoms with E-state index < -0.39 is 0 Å². The fourth-order valence-corrected chi connectivity index (χ4v) is 3.59. The number of aromatic nitrogens is 1. The number of nitrogens with zero attached hydrogens (tertiary/aromatic N) is 2. The van der Waals surface area contributed by atoms with Crippen LogP contribution < -0.4 is 15.5 Å². The Morgan fingerprint density at radius 3 is 3.14 bits per heavy atom. The van der Waals surface area contributed by atoms with Crippen molar-refractivity contribution in [3.63, 3.8) is 0 Å². The zero-order valence-electron chi connectivity index (χ0n) is 12.7. The third-order valence-corrected chi connectivity index (χ3v) is 4.84. The van der Waals surface area contributed by atoms with Crippen molar-refractivity contribution in [1.82, 2.24) is 15.6 Å². The van der Waals surface area contributed by atoms with E-state index in [0.717, 1.165) is 57.5 Å². The molecule has 22 heavy (non-hydrogen) atoms. The van der Waals surface area contributed by atoms with Gasteiger partial charge in [-0.25, -0.2) is 0 Å². The van der Waals surface area contributed by atoms with E-state index in [-0.39, 0.29) is 11.9 Å². The second-order valence-corrected chi connectivity index (χ2v) is 6.58. The van der Waals surface area contributed by atoms with Crippen molar-refractivity contribution < 1.29 is 4.79 Å². The Bertz CT molecular complexity index is 519. The maximum absolute atomic E-state index is 12.1. The van der Waals surface area contributed by atoms with Gasteiger partial charge in [0.25, 0.3) is 0 Å². The number of anilines is 1. The Morgan fingerprint density at radius 2 is 2.36 bits per heavy atom. The number of pyridine rings is 1. The van der Waals surface area contributed by atoms with Crippen molar-refractivity contribution in [1.29, 1.82) is 0 Å². The summed E-state index contributed by atoms with van der Waals surface area (Å²) in [6.07, 6.45) is 7.79. The number of carbonyl (C=O) groups is 1. The second-order valence-electron chi connectivity index (χ2n) is 6.18. The summed E-state index contributed by atoms with van der Waals surface area (Å²) in [5.74, 6) is 0.625. The highest BCUT2D eigenvalue weighted by atomic mass is 35.5. The molecule has 1 aromatic heterocycles. The van der Waals surface area contributed by atoms with E-state index in [0.29, 0.717) is 10.9 Å². The van der Waals surface area contributed by atoms with E-state index in [4.69, 9.17) is 11.6 Å². The van der Waals surface area contributed by atoms with Gasteiger partial charge in [-0.05, 0) is 44.2 Å². The van der Waals surface area contributed by atoms with Crippen molar-refractivity contribution in [2.45, 2.75) is 31.7 Å². The number of hydrogen-bond donors (Lipinski definition) is 2. The van der Waals surface area contributed by atoms with Crippen LogP contribution in [0, 0.1) is 5.92 Å². The maximum Gasteiger partial charge on any atom is 0.237 e. The first-order valence-electron chi connectivity index (χ1n) is 8.09. The van der Waals surface area contributed by atoms with Crippen LogP contribution in [0.15, 0.2) is 18.5 Å². The summed E-state index contributed by atoms with van der Waals surface area (Å²) >= 11 is 6.24. The van der Waals surface area contributed by atoms with Crippen LogP contribution in [0.4, 0.5) is 5.69 Å². The first-order chi connectivity index (χ1) is 10.7. The van der Waals surface area contributed by atoms with E-state index in [1.807, 2.05) is 6.07 Å². The summed E-state index contributed by atoms with van der Waals surface area (Å²) < 4.78 is 0. The zero-order chi connectivity index (χ0) is 15.4. The van der Waals surface area contributed by atoms with Crippen molar-refractivity contribution in [3.8, 4) is 0 Å². The fourth-order valence-electron chi connectivity index (χ4n) is 3.35. The highest BCUT2D eigenvalue weighted by Gasteiger charge is 2.25. The molecule has 120 valence electrons. The predicted octanol–water partition coefficient (Wildman–Crippen LogP) is 1.82. The van der Waals surface area contributed by atoms with Gasteiger partial charge in [-0.15, -0.1) is 0 Å². The van der Waals surface area contributed by atoms with Gasteiger partial charge in [-0.1, -0.05) is 11.6 Å². The second kappa shape index (κ2) is 7.29. The van der Waals surface area contributed by atoms with Crippen LogP contribution >= 0.6 is 11.6 Å². The maximum atomic E-state index is 12.1. The number of hydrogen-bond acceptors (Lipinski definition) is 4. The third kappa shape index (κ3) is 3.70. The lowest BCUT2D eigenvalue weighted by atomic mass is 9.97. The summed E-state index contributed by atoms with van der Waals surface area (Å²) in [7, 11) is 0. The molecule has 2 aliphatic heterocycles. The van der Waals surface area contributed by atoms with Gasteiger partial charge in [0.1, 0.15) is 0 Å². The molecule has 0 aliphatic carbocycles. The SMILES string of the molecule is O=C(NCC1CCCN(c2ccncc2Cl)C1)C1CCCN1. The van der Waals surface area contributed by atoms with Gasteiger partial charge < -0.3 is 15.5 Å². The fraction of sp³-hybridized carbons (Fsp3) is 0.625. The minimum absolute atomic E-state index is 0.00864. The van der Waals surface area contributed by atoms with Crippen molar-refractivity contribution in [2.75, 3.05) is 31.1 Å². The van der Waals surface area contributed by atoms with Gasteiger partial charge >= 0.3 is 0 Å². The Labute approximate surface area is 136 Å². The average Bonchev–Trinajstić information content (AvgIpc) is 3.08. The molecule has 2 N–H and O–H groups in total. The molecule has 6 heteroatoms. The average molecular weight is 323 g/mol. The van der Waals surface area contributed by atoms with Crippen LogP contribution in [-0.4, -0.2) is 43.1 Å². The molecular weight excluding hydrogens is 300 g/mol. The van der Waals surface area contributed by atoms with Crippen LogP contribution in [0.3, 0.4) is 0 Å². The summed E-state index contributed by atoms with van der Waals surface area (Å²) in [6, 6.07) is 1.97. The summed E-state index contributed by atoms with van der Waals surface area (Å²) in [5.41, 5.74) is 1.05. The molecule has 3 heterocycles. The molecule has 3 rings (SSSR count). The molecule has 0 spiro atoms. The minimum atomic E-state index is 0.00864. The number of piperidine rings is 1. The lowest BCUT2D eigenvalue weighted by molar-refractivity contribution is -0.122. The number of nitrogens with one attached hydrogen (secondary N) is 2. The molecule has 0 bridgehead atoms. The van der Waals surface area contributed by atoms with Crippen LogP contribution in [-0.2, 0) is 4.79 Å². The number of halogens is 1. The van der Waals surface area contributed by atoms with Gasteiger partial charge in [0.05, 0.1) is 16.8 Å². The van der Waals surface area contributed by atoms with Crippen LogP contribution in [0.2, 0.25) is 5.02 Å². The van der Waals surface area contributed by atoms with Gasteiger partial charge in [-0.2, -0.15) is 0 Å². The molecule has 5 nitrogen and oxygen atoms in total. The van der Waals surface area contributed by atoms with Gasteiger partial charge in [0.15, 0.2) is 0 Å². The molecule has 0 radical (unpaired) electrons. The third-order valence-electron chi connectivity index (χ3n) is 4.55. The molecule has 2 unspecified atom stereocenters. The molecule has 1 aromatic rings. The number of rotatable bonds is 4. The van der Waals surface area contributed by atoms with Crippen molar-refractivity contribution >= 4 is 23.2 Å². The molecule has 0 saturated carbocycles. The Morgan fingerprint density at radius 1 is 1.45 bits per heavy atom. The molecule has 0 aromatic carbocycles. The van der Waals surface area contributed by atoms with Gasteiger partial charge in [0, 0.05) is 32.0 Å². The molecule has 2 saturated heterocycles. The highest BCUT2D eigenvalue weighted by molar-refractivity contribution is 6.33. The van der Waals surface area contributed by atoms with E-state index in [1.54, 1.807) is 12.4 Å². The molecular formula is C16H23ClN4O. The molecule has 2 aliphatic rings. The van der Waals surface area contributed by atoms with E-state index in [2.05, 4.69) is 20.5 Å². The lowest BCUT2D eigenvalue weighted by Gasteiger charge is -2.35.